The van der Waals surface area contributed by atoms with Gasteiger partial charge in [0.15, 0.2) is 0 Å². The third-order valence-electron chi connectivity index (χ3n) is 12.9. The number of amides is 1. The largest absolute Gasteiger partial charge is 0.466 e. The van der Waals surface area contributed by atoms with E-state index >= 15 is 0 Å². The summed E-state index contributed by atoms with van der Waals surface area (Å²) in [6.45, 7) is 4.96. The Labute approximate surface area is 375 Å². The zero-order valence-corrected chi connectivity index (χ0v) is 40.7. The lowest BCUT2D eigenvalue weighted by Crippen LogP contribution is -2.45. The highest BCUT2D eigenvalue weighted by Crippen LogP contribution is 2.17. The summed E-state index contributed by atoms with van der Waals surface area (Å²) in [4.78, 5) is 24.5. The van der Waals surface area contributed by atoms with E-state index in [9.17, 15) is 19.8 Å². The van der Waals surface area contributed by atoms with Gasteiger partial charge in [0.05, 0.1) is 25.4 Å². The molecule has 0 bridgehead atoms. The lowest BCUT2D eigenvalue weighted by molar-refractivity contribution is -0.143. The number of aliphatic hydroxyl groups excluding tert-OH is 2. The van der Waals surface area contributed by atoms with E-state index in [4.69, 9.17) is 4.74 Å². The van der Waals surface area contributed by atoms with Crippen molar-refractivity contribution in [3.05, 3.63) is 0 Å². The SMILES string of the molecule is CCCCCCCCCCCCCCCC(=O)OCCCCCCCCCCCCCCCCCCCC(=O)NC(CO)C(O)CCCCCCCCCCCCCCC. The molecule has 0 aliphatic carbocycles. The third-order valence-corrected chi connectivity index (χ3v) is 12.9. The second-order valence-electron chi connectivity index (χ2n) is 18.9. The van der Waals surface area contributed by atoms with Crippen molar-refractivity contribution < 1.29 is 24.5 Å². The van der Waals surface area contributed by atoms with E-state index in [0.29, 0.717) is 25.9 Å². The van der Waals surface area contributed by atoms with Crippen LogP contribution in [0.2, 0.25) is 0 Å². The first kappa shape index (κ1) is 58.9. The fourth-order valence-corrected chi connectivity index (χ4v) is 8.70. The zero-order valence-electron chi connectivity index (χ0n) is 40.7. The van der Waals surface area contributed by atoms with Crippen molar-refractivity contribution in [1.82, 2.24) is 5.32 Å². The molecule has 0 aliphatic heterocycles. The topological polar surface area (TPSA) is 95.9 Å². The molecule has 0 radical (unpaired) electrons. The Hall–Kier alpha value is -1.14. The summed E-state index contributed by atoms with van der Waals surface area (Å²) >= 11 is 0. The van der Waals surface area contributed by atoms with Crippen LogP contribution in [0.1, 0.15) is 309 Å². The van der Waals surface area contributed by atoms with Gasteiger partial charge in [0.25, 0.3) is 0 Å². The molecule has 0 rings (SSSR count). The highest BCUT2D eigenvalue weighted by Gasteiger charge is 2.20. The molecule has 0 heterocycles. The average molecular weight is 850 g/mol. The normalized spacial score (nSPS) is 12.5. The predicted molar refractivity (Wildman–Crippen MR) is 260 cm³/mol. The number of rotatable bonds is 51. The van der Waals surface area contributed by atoms with Gasteiger partial charge in [-0.1, -0.05) is 271 Å². The molecule has 0 saturated carbocycles. The van der Waals surface area contributed by atoms with Gasteiger partial charge in [-0.15, -0.1) is 0 Å². The van der Waals surface area contributed by atoms with Crippen LogP contribution < -0.4 is 5.32 Å². The minimum Gasteiger partial charge on any atom is -0.466 e. The Morgan fingerprint density at radius 3 is 1.02 bits per heavy atom. The van der Waals surface area contributed by atoms with Gasteiger partial charge in [0.2, 0.25) is 5.91 Å². The van der Waals surface area contributed by atoms with Gasteiger partial charge in [-0.25, -0.2) is 0 Å². The number of hydrogen-bond donors (Lipinski definition) is 3. The second-order valence-corrected chi connectivity index (χ2v) is 18.9. The van der Waals surface area contributed by atoms with Gasteiger partial charge in [-0.3, -0.25) is 9.59 Å². The molecule has 0 aromatic carbocycles. The molecule has 0 saturated heterocycles. The number of aliphatic hydroxyl groups is 2. The smallest absolute Gasteiger partial charge is 0.305 e. The molecule has 0 aromatic heterocycles. The summed E-state index contributed by atoms with van der Waals surface area (Å²) in [7, 11) is 0. The van der Waals surface area contributed by atoms with Gasteiger partial charge in [-0.2, -0.15) is 0 Å². The molecule has 3 N–H and O–H groups in total. The van der Waals surface area contributed by atoms with E-state index in [1.54, 1.807) is 0 Å². The van der Waals surface area contributed by atoms with Gasteiger partial charge in [0.1, 0.15) is 0 Å². The monoisotopic (exact) mass is 850 g/mol. The first-order valence-electron chi connectivity index (χ1n) is 27.3. The molecule has 60 heavy (non-hydrogen) atoms. The van der Waals surface area contributed by atoms with Gasteiger partial charge in [0, 0.05) is 12.8 Å². The minimum absolute atomic E-state index is 0.00752. The Morgan fingerprint density at radius 1 is 0.400 bits per heavy atom. The van der Waals surface area contributed by atoms with Crippen LogP contribution in [0.15, 0.2) is 0 Å². The molecule has 0 spiro atoms. The van der Waals surface area contributed by atoms with Crippen molar-refractivity contribution in [2.24, 2.45) is 0 Å². The summed E-state index contributed by atoms with van der Waals surface area (Å²) in [5.74, 6) is -0.0312. The van der Waals surface area contributed by atoms with Crippen LogP contribution in [0.5, 0.6) is 0 Å². The van der Waals surface area contributed by atoms with E-state index in [2.05, 4.69) is 19.2 Å². The summed E-state index contributed by atoms with van der Waals surface area (Å²) in [5, 5.41) is 23.2. The molecule has 2 atom stereocenters. The van der Waals surface area contributed by atoms with E-state index in [0.717, 1.165) is 38.5 Å². The van der Waals surface area contributed by atoms with Crippen LogP contribution in [-0.4, -0.2) is 47.4 Å². The molecule has 6 heteroatoms. The van der Waals surface area contributed by atoms with E-state index in [1.165, 1.54) is 238 Å². The first-order chi connectivity index (χ1) is 29.5. The molecule has 0 aliphatic rings. The Balaban J connectivity index is 3.39. The number of hydrogen-bond acceptors (Lipinski definition) is 5. The van der Waals surface area contributed by atoms with Crippen molar-refractivity contribution in [2.75, 3.05) is 13.2 Å². The fraction of sp³-hybridized carbons (Fsp3) is 0.963. The Kier molecular flexibility index (Phi) is 49.5. The average Bonchev–Trinajstić information content (AvgIpc) is 3.25. The van der Waals surface area contributed by atoms with Crippen molar-refractivity contribution in [2.45, 2.75) is 321 Å². The molecular weight excluding hydrogens is 743 g/mol. The van der Waals surface area contributed by atoms with Crippen molar-refractivity contribution >= 4 is 11.9 Å². The van der Waals surface area contributed by atoms with Crippen LogP contribution in [0.4, 0.5) is 0 Å². The highest BCUT2D eigenvalue weighted by atomic mass is 16.5. The molecule has 1 amide bonds. The van der Waals surface area contributed by atoms with E-state index in [1.807, 2.05) is 0 Å². The number of nitrogens with one attached hydrogen (secondary N) is 1. The maximum absolute atomic E-state index is 12.4. The first-order valence-corrected chi connectivity index (χ1v) is 27.3. The third kappa shape index (κ3) is 46.4. The van der Waals surface area contributed by atoms with Crippen LogP contribution in [0.25, 0.3) is 0 Å². The van der Waals surface area contributed by atoms with Gasteiger partial charge in [-0.05, 0) is 25.7 Å². The maximum atomic E-state index is 12.4. The number of esters is 1. The van der Waals surface area contributed by atoms with E-state index < -0.39 is 12.1 Å². The number of unbranched alkanes of at least 4 members (excludes halogenated alkanes) is 40. The molecule has 358 valence electrons. The zero-order chi connectivity index (χ0) is 43.7. The Morgan fingerprint density at radius 2 is 0.683 bits per heavy atom. The molecule has 6 nitrogen and oxygen atoms in total. The van der Waals surface area contributed by atoms with Crippen molar-refractivity contribution in [3.8, 4) is 0 Å². The minimum atomic E-state index is -0.665. The van der Waals surface area contributed by atoms with Gasteiger partial charge >= 0.3 is 5.97 Å². The lowest BCUT2D eigenvalue weighted by Gasteiger charge is -2.22. The van der Waals surface area contributed by atoms with Crippen molar-refractivity contribution in [3.63, 3.8) is 0 Å². The molecular formula is C54H107NO5. The lowest BCUT2D eigenvalue weighted by atomic mass is 10.0. The number of carbonyl (C=O) groups excluding carboxylic acids is 2. The summed E-state index contributed by atoms with van der Waals surface area (Å²) < 4.78 is 5.47. The molecule has 2 unspecified atom stereocenters. The number of carbonyl (C=O) groups is 2. The van der Waals surface area contributed by atoms with E-state index in [-0.39, 0.29) is 18.5 Å². The van der Waals surface area contributed by atoms with Crippen molar-refractivity contribution in [1.29, 1.82) is 0 Å². The van der Waals surface area contributed by atoms with Crippen LogP contribution in [0, 0.1) is 0 Å². The second kappa shape index (κ2) is 50.5. The molecule has 0 fully saturated rings. The van der Waals surface area contributed by atoms with Gasteiger partial charge < -0.3 is 20.3 Å². The summed E-state index contributed by atoms with van der Waals surface area (Å²) in [6, 6.07) is -0.543. The predicted octanol–water partition coefficient (Wildman–Crippen LogP) is 16.4. The fourth-order valence-electron chi connectivity index (χ4n) is 8.70. The van der Waals surface area contributed by atoms with Crippen LogP contribution in [-0.2, 0) is 14.3 Å². The number of ether oxygens (including phenoxy) is 1. The van der Waals surface area contributed by atoms with Crippen LogP contribution in [0.3, 0.4) is 0 Å². The highest BCUT2D eigenvalue weighted by molar-refractivity contribution is 5.76. The maximum Gasteiger partial charge on any atom is 0.305 e. The van der Waals surface area contributed by atoms with Crippen LogP contribution >= 0.6 is 0 Å². The Bertz CT molecular complexity index is 852. The summed E-state index contributed by atoms with van der Waals surface area (Å²) in [6.07, 6.45) is 56.5. The quantitative estimate of drug-likeness (QED) is 0.0418. The molecule has 0 aromatic rings. The summed E-state index contributed by atoms with van der Waals surface area (Å²) in [5.41, 5.74) is 0. The standard InChI is InChI=1S/C54H107NO5/c1-3-5-7-9-11-13-15-22-26-30-34-38-42-46-52(57)51(50-56)55-53(58)47-43-39-35-31-27-24-20-18-17-19-21-25-29-33-37-41-45-49-60-54(59)48-44-40-36-32-28-23-16-14-12-10-8-6-4-2/h51-52,56-57H,3-50H2,1-2H3,(H,55,58).